The molecule has 1 atom stereocenters. The van der Waals surface area contributed by atoms with Crippen molar-refractivity contribution in [1.82, 2.24) is 10.2 Å². The number of benzene rings is 2. The van der Waals surface area contributed by atoms with Crippen molar-refractivity contribution in [1.29, 1.82) is 0 Å². The minimum Gasteiger partial charge on any atom is -0.496 e. The summed E-state index contributed by atoms with van der Waals surface area (Å²) in [4.78, 5) is 2.55. The van der Waals surface area contributed by atoms with E-state index in [9.17, 15) is 0 Å². The first-order valence-corrected chi connectivity index (χ1v) is 9.13. The van der Waals surface area contributed by atoms with Gasteiger partial charge in [0.05, 0.1) is 7.11 Å². The van der Waals surface area contributed by atoms with Gasteiger partial charge in [0.15, 0.2) is 0 Å². The highest BCUT2D eigenvalue weighted by molar-refractivity contribution is 5.51. The minimum atomic E-state index is 0.539. The summed E-state index contributed by atoms with van der Waals surface area (Å²) in [6.07, 6.45) is 1.11. The van der Waals surface area contributed by atoms with E-state index in [-0.39, 0.29) is 0 Å². The molecular formula is C21H29N3O. The second kappa shape index (κ2) is 8.88. The Bertz CT molecular complexity index is 659. The van der Waals surface area contributed by atoms with Crippen LogP contribution in [0.25, 0.3) is 0 Å². The van der Waals surface area contributed by atoms with Gasteiger partial charge in [-0.05, 0) is 30.5 Å². The number of piperazine rings is 1. The van der Waals surface area contributed by atoms with Gasteiger partial charge < -0.3 is 15.4 Å². The number of nitrogens with one attached hydrogen (secondary N) is 2. The summed E-state index contributed by atoms with van der Waals surface area (Å²) in [7, 11) is 1.72. The number of hydrogen-bond acceptors (Lipinski definition) is 4. The molecule has 0 bridgehead atoms. The van der Waals surface area contributed by atoms with E-state index < -0.39 is 0 Å². The fraction of sp³-hybridized carbons (Fsp3) is 0.429. The van der Waals surface area contributed by atoms with E-state index in [1.807, 2.05) is 0 Å². The zero-order valence-corrected chi connectivity index (χ0v) is 15.3. The molecule has 0 spiro atoms. The van der Waals surface area contributed by atoms with Gasteiger partial charge >= 0.3 is 0 Å². The highest BCUT2D eigenvalue weighted by Crippen LogP contribution is 2.22. The third kappa shape index (κ3) is 5.21. The number of hydrogen-bond donors (Lipinski definition) is 2. The zero-order valence-electron chi connectivity index (χ0n) is 15.3. The smallest absolute Gasteiger partial charge is 0.123 e. The van der Waals surface area contributed by atoms with Crippen LogP contribution in [0.5, 0.6) is 5.75 Å². The molecule has 25 heavy (non-hydrogen) atoms. The molecule has 2 N–H and O–H groups in total. The SMILES string of the molecule is COc1cc(NCC[C@@H]2CN(Cc3ccccc3)CCN2)ccc1C. The van der Waals surface area contributed by atoms with E-state index >= 15 is 0 Å². The lowest BCUT2D eigenvalue weighted by atomic mass is 10.1. The second-order valence-electron chi connectivity index (χ2n) is 6.77. The maximum Gasteiger partial charge on any atom is 0.123 e. The fourth-order valence-corrected chi connectivity index (χ4v) is 3.39. The Morgan fingerprint density at radius 1 is 1.20 bits per heavy atom. The molecule has 2 aromatic carbocycles. The van der Waals surface area contributed by atoms with Gasteiger partial charge in [-0.15, -0.1) is 0 Å². The van der Waals surface area contributed by atoms with Crippen LogP contribution in [0.1, 0.15) is 17.5 Å². The molecule has 0 radical (unpaired) electrons. The number of nitrogens with zero attached hydrogens (tertiary/aromatic N) is 1. The molecular weight excluding hydrogens is 310 g/mol. The molecule has 0 amide bonds. The average molecular weight is 339 g/mol. The highest BCUT2D eigenvalue weighted by Gasteiger charge is 2.18. The van der Waals surface area contributed by atoms with E-state index in [0.29, 0.717) is 6.04 Å². The molecule has 3 rings (SSSR count). The monoisotopic (exact) mass is 339 g/mol. The first kappa shape index (κ1) is 17.8. The van der Waals surface area contributed by atoms with E-state index in [2.05, 4.69) is 71.0 Å². The van der Waals surface area contributed by atoms with Crippen LogP contribution in [0.2, 0.25) is 0 Å². The number of ether oxygens (including phenoxy) is 1. The molecule has 0 unspecified atom stereocenters. The van der Waals surface area contributed by atoms with Crippen molar-refractivity contribution in [2.45, 2.75) is 25.9 Å². The van der Waals surface area contributed by atoms with Crippen LogP contribution in [-0.2, 0) is 6.54 Å². The number of anilines is 1. The summed E-state index contributed by atoms with van der Waals surface area (Å²) < 4.78 is 5.39. The van der Waals surface area contributed by atoms with Gasteiger partial charge in [-0.3, -0.25) is 4.90 Å². The zero-order chi connectivity index (χ0) is 17.5. The molecule has 4 heteroatoms. The average Bonchev–Trinajstić information content (AvgIpc) is 2.64. The Morgan fingerprint density at radius 3 is 2.84 bits per heavy atom. The van der Waals surface area contributed by atoms with Crippen molar-refractivity contribution in [2.24, 2.45) is 0 Å². The largest absolute Gasteiger partial charge is 0.496 e. The van der Waals surface area contributed by atoms with Gasteiger partial charge in [0.25, 0.3) is 0 Å². The maximum atomic E-state index is 5.39. The summed E-state index contributed by atoms with van der Waals surface area (Å²) in [5.41, 5.74) is 3.69. The summed E-state index contributed by atoms with van der Waals surface area (Å²) in [6, 6.07) is 17.6. The summed E-state index contributed by atoms with van der Waals surface area (Å²) >= 11 is 0. The Labute approximate surface area is 151 Å². The lowest BCUT2D eigenvalue weighted by molar-refractivity contribution is 0.189. The molecule has 134 valence electrons. The molecule has 1 aliphatic heterocycles. The molecule has 1 aliphatic rings. The van der Waals surface area contributed by atoms with Crippen molar-refractivity contribution in [2.75, 3.05) is 38.6 Å². The van der Waals surface area contributed by atoms with Gasteiger partial charge in [0.1, 0.15) is 5.75 Å². The molecule has 0 aromatic heterocycles. The second-order valence-corrected chi connectivity index (χ2v) is 6.77. The summed E-state index contributed by atoms with van der Waals surface area (Å²) in [5.74, 6) is 0.940. The van der Waals surface area contributed by atoms with E-state index in [4.69, 9.17) is 4.74 Å². The third-order valence-corrected chi connectivity index (χ3v) is 4.82. The van der Waals surface area contributed by atoms with Crippen LogP contribution < -0.4 is 15.4 Å². The van der Waals surface area contributed by atoms with Crippen LogP contribution in [0.15, 0.2) is 48.5 Å². The topological polar surface area (TPSA) is 36.5 Å². The van der Waals surface area contributed by atoms with Gasteiger partial charge in [-0.25, -0.2) is 0 Å². The molecule has 0 saturated carbocycles. The van der Waals surface area contributed by atoms with E-state index in [0.717, 1.165) is 50.6 Å². The first-order chi connectivity index (χ1) is 12.2. The van der Waals surface area contributed by atoms with Crippen LogP contribution in [0.4, 0.5) is 5.69 Å². The van der Waals surface area contributed by atoms with Crippen molar-refractivity contribution < 1.29 is 4.74 Å². The molecule has 0 aliphatic carbocycles. The molecule has 1 fully saturated rings. The molecule has 4 nitrogen and oxygen atoms in total. The van der Waals surface area contributed by atoms with Crippen LogP contribution in [0, 0.1) is 6.92 Å². The first-order valence-electron chi connectivity index (χ1n) is 9.13. The molecule has 1 saturated heterocycles. The van der Waals surface area contributed by atoms with Crippen molar-refractivity contribution in [3.63, 3.8) is 0 Å². The summed E-state index contributed by atoms with van der Waals surface area (Å²) in [5, 5.41) is 7.17. The Morgan fingerprint density at radius 2 is 2.04 bits per heavy atom. The number of rotatable bonds is 7. The van der Waals surface area contributed by atoms with Crippen molar-refractivity contribution in [3.05, 3.63) is 59.7 Å². The lowest BCUT2D eigenvalue weighted by Gasteiger charge is -2.34. The van der Waals surface area contributed by atoms with Gasteiger partial charge in [-0.2, -0.15) is 0 Å². The fourth-order valence-electron chi connectivity index (χ4n) is 3.39. The third-order valence-electron chi connectivity index (χ3n) is 4.82. The normalized spacial score (nSPS) is 18.1. The van der Waals surface area contributed by atoms with Gasteiger partial charge in [0.2, 0.25) is 0 Å². The van der Waals surface area contributed by atoms with Gasteiger partial charge in [-0.1, -0.05) is 36.4 Å². The quantitative estimate of drug-likeness (QED) is 0.812. The Kier molecular flexibility index (Phi) is 6.31. The van der Waals surface area contributed by atoms with Crippen molar-refractivity contribution >= 4 is 5.69 Å². The Balaban J connectivity index is 1.45. The lowest BCUT2D eigenvalue weighted by Crippen LogP contribution is -2.50. The number of aryl methyl sites for hydroxylation is 1. The summed E-state index contributed by atoms with van der Waals surface area (Å²) in [6.45, 7) is 7.36. The van der Waals surface area contributed by atoms with Crippen LogP contribution in [-0.4, -0.2) is 44.2 Å². The molecule has 2 aromatic rings. The minimum absolute atomic E-state index is 0.539. The molecule has 1 heterocycles. The Hall–Kier alpha value is -2.04. The standard InChI is InChI=1S/C21H29N3O/c1-17-8-9-19(14-21(17)25-2)22-11-10-20-16-24(13-12-23-20)15-18-6-4-3-5-7-18/h3-9,14,20,22-23H,10-13,15-16H2,1-2H3/t20-/m1/s1. The van der Waals surface area contributed by atoms with Crippen molar-refractivity contribution in [3.8, 4) is 5.75 Å². The van der Waals surface area contributed by atoms with E-state index in [1.54, 1.807) is 7.11 Å². The van der Waals surface area contributed by atoms with Gasteiger partial charge in [0, 0.05) is 50.5 Å². The predicted octanol–water partition coefficient (Wildman–Crippen LogP) is 3.28. The predicted molar refractivity (Wildman–Crippen MR) is 104 cm³/mol. The van der Waals surface area contributed by atoms with Crippen LogP contribution >= 0.6 is 0 Å². The van der Waals surface area contributed by atoms with Crippen LogP contribution in [0.3, 0.4) is 0 Å². The maximum absolute atomic E-state index is 5.39. The van der Waals surface area contributed by atoms with E-state index in [1.165, 1.54) is 11.1 Å². The number of methoxy groups -OCH3 is 1. The highest BCUT2D eigenvalue weighted by atomic mass is 16.5.